The normalized spacial score (nSPS) is 19.1. The monoisotopic (exact) mass is 252 g/mol. The van der Waals surface area contributed by atoms with E-state index in [4.69, 9.17) is 10.5 Å². The molecule has 0 radical (unpaired) electrons. The Labute approximate surface area is 103 Å². The third kappa shape index (κ3) is 2.13. The van der Waals surface area contributed by atoms with Crippen molar-refractivity contribution in [2.24, 2.45) is 11.7 Å². The van der Waals surface area contributed by atoms with Crippen molar-refractivity contribution in [1.29, 1.82) is 0 Å². The van der Waals surface area contributed by atoms with Crippen molar-refractivity contribution in [2.45, 2.75) is 6.42 Å². The lowest BCUT2D eigenvalue weighted by Gasteiger charge is -2.17. The number of methoxy groups -OCH3 is 1. The number of ether oxygens (including phenoxy) is 1. The minimum absolute atomic E-state index is 0.0286. The summed E-state index contributed by atoms with van der Waals surface area (Å²) >= 11 is 0. The molecule has 1 unspecified atom stereocenters. The number of nitrogens with zero attached hydrogens (tertiary/aromatic N) is 1. The second kappa shape index (κ2) is 4.64. The van der Waals surface area contributed by atoms with Crippen LogP contribution < -0.4 is 15.4 Å². The number of hydrogen-bond acceptors (Lipinski definition) is 3. The molecule has 5 nitrogen and oxygen atoms in total. The van der Waals surface area contributed by atoms with E-state index in [1.54, 1.807) is 6.07 Å². The molecule has 1 saturated heterocycles. The summed E-state index contributed by atoms with van der Waals surface area (Å²) in [6.45, 7) is 0.122. The minimum atomic E-state index is -0.562. The predicted octanol–water partition coefficient (Wildman–Crippen LogP) is 0.672. The van der Waals surface area contributed by atoms with Gasteiger partial charge in [0, 0.05) is 19.0 Å². The molecule has 0 aromatic heterocycles. The molecular formula is C12H13FN2O3. The lowest BCUT2D eigenvalue weighted by atomic mass is 10.1. The first-order valence-electron chi connectivity index (χ1n) is 5.46. The molecule has 6 heteroatoms. The molecule has 0 bridgehead atoms. The summed E-state index contributed by atoms with van der Waals surface area (Å²) in [6, 6.07) is 4.21. The van der Waals surface area contributed by atoms with Gasteiger partial charge in [0.05, 0.1) is 18.7 Å². The number of hydrogen-bond donors (Lipinski definition) is 1. The molecule has 1 heterocycles. The summed E-state index contributed by atoms with van der Waals surface area (Å²) < 4.78 is 18.7. The fraction of sp³-hybridized carbons (Fsp3) is 0.333. The maximum Gasteiger partial charge on any atom is 0.227 e. The maximum atomic E-state index is 13.8. The summed E-state index contributed by atoms with van der Waals surface area (Å²) in [5, 5.41) is 0. The Balaban J connectivity index is 2.27. The summed E-state index contributed by atoms with van der Waals surface area (Å²) in [4.78, 5) is 24.0. The first kappa shape index (κ1) is 12.3. The number of anilines is 1. The SMILES string of the molecule is COc1ccc(N2CC(C(N)=O)CC2=O)c(F)c1. The Kier molecular flexibility index (Phi) is 3.18. The quantitative estimate of drug-likeness (QED) is 0.859. The highest BCUT2D eigenvalue weighted by atomic mass is 19.1. The van der Waals surface area contributed by atoms with Crippen molar-refractivity contribution in [2.75, 3.05) is 18.6 Å². The summed E-state index contributed by atoms with van der Waals surface area (Å²) in [7, 11) is 1.43. The minimum Gasteiger partial charge on any atom is -0.497 e. The number of carbonyl (C=O) groups is 2. The van der Waals surface area contributed by atoms with Crippen LogP contribution in [0.15, 0.2) is 18.2 Å². The van der Waals surface area contributed by atoms with Crippen LogP contribution >= 0.6 is 0 Å². The van der Waals surface area contributed by atoms with Crippen molar-refractivity contribution in [3.8, 4) is 5.75 Å². The number of carbonyl (C=O) groups excluding carboxylic acids is 2. The third-order valence-electron chi connectivity index (χ3n) is 2.97. The zero-order valence-corrected chi connectivity index (χ0v) is 9.85. The van der Waals surface area contributed by atoms with E-state index in [2.05, 4.69) is 0 Å². The van der Waals surface area contributed by atoms with Crippen LogP contribution in [0, 0.1) is 11.7 Å². The van der Waals surface area contributed by atoms with Gasteiger partial charge in [-0.3, -0.25) is 9.59 Å². The van der Waals surface area contributed by atoms with E-state index in [1.165, 1.54) is 24.1 Å². The van der Waals surface area contributed by atoms with Crippen LogP contribution in [0.4, 0.5) is 10.1 Å². The number of amides is 2. The van der Waals surface area contributed by atoms with Gasteiger partial charge in [-0.2, -0.15) is 0 Å². The van der Waals surface area contributed by atoms with Gasteiger partial charge in [0.25, 0.3) is 0 Å². The molecule has 18 heavy (non-hydrogen) atoms. The molecule has 0 aliphatic carbocycles. The molecule has 0 spiro atoms. The zero-order valence-electron chi connectivity index (χ0n) is 9.85. The second-order valence-electron chi connectivity index (χ2n) is 4.13. The summed E-state index contributed by atoms with van der Waals surface area (Å²) in [5.74, 6) is -1.59. The zero-order chi connectivity index (χ0) is 13.3. The van der Waals surface area contributed by atoms with Crippen LogP contribution in [-0.4, -0.2) is 25.5 Å². The molecule has 1 aromatic rings. The van der Waals surface area contributed by atoms with E-state index < -0.39 is 17.6 Å². The van der Waals surface area contributed by atoms with Crippen LogP contribution in [-0.2, 0) is 9.59 Å². The number of primary amides is 1. The van der Waals surface area contributed by atoms with Gasteiger partial charge < -0.3 is 15.4 Å². The van der Waals surface area contributed by atoms with Crippen LogP contribution in [0.1, 0.15) is 6.42 Å². The van der Waals surface area contributed by atoms with Gasteiger partial charge in [0.1, 0.15) is 5.75 Å². The molecule has 2 N–H and O–H groups in total. The number of rotatable bonds is 3. The van der Waals surface area contributed by atoms with E-state index in [1.807, 2.05) is 0 Å². The number of benzene rings is 1. The van der Waals surface area contributed by atoms with Crippen molar-refractivity contribution in [3.63, 3.8) is 0 Å². The molecule has 1 fully saturated rings. The lowest BCUT2D eigenvalue weighted by Crippen LogP contribution is -2.28. The fourth-order valence-corrected chi connectivity index (χ4v) is 1.96. The Morgan fingerprint density at radius 1 is 1.56 bits per heavy atom. The van der Waals surface area contributed by atoms with Gasteiger partial charge in [-0.05, 0) is 12.1 Å². The van der Waals surface area contributed by atoms with Crippen molar-refractivity contribution in [1.82, 2.24) is 0 Å². The Morgan fingerprint density at radius 3 is 2.78 bits per heavy atom. The molecule has 96 valence electrons. The highest BCUT2D eigenvalue weighted by Crippen LogP contribution is 2.29. The van der Waals surface area contributed by atoms with E-state index in [0.29, 0.717) is 5.75 Å². The Morgan fingerprint density at radius 2 is 2.28 bits per heavy atom. The lowest BCUT2D eigenvalue weighted by molar-refractivity contribution is -0.123. The number of halogens is 1. The Hall–Kier alpha value is -2.11. The largest absolute Gasteiger partial charge is 0.497 e. The second-order valence-corrected chi connectivity index (χ2v) is 4.13. The molecule has 1 aromatic carbocycles. The fourth-order valence-electron chi connectivity index (χ4n) is 1.96. The maximum absolute atomic E-state index is 13.8. The summed E-state index contributed by atoms with van der Waals surface area (Å²) in [5.41, 5.74) is 5.30. The molecular weight excluding hydrogens is 239 g/mol. The van der Waals surface area contributed by atoms with Crippen LogP contribution in [0.2, 0.25) is 0 Å². The van der Waals surface area contributed by atoms with Crippen LogP contribution in [0.3, 0.4) is 0 Å². The van der Waals surface area contributed by atoms with E-state index in [9.17, 15) is 14.0 Å². The van der Waals surface area contributed by atoms with Crippen LogP contribution in [0.25, 0.3) is 0 Å². The van der Waals surface area contributed by atoms with E-state index in [0.717, 1.165) is 0 Å². The first-order chi connectivity index (χ1) is 8.52. The molecule has 1 aliphatic rings. The van der Waals surface area contributed by atoms with Gasteiger partial charge in [-0.15, -0.1) is 0 Å². The Bertz CT molecular complexity index is 504. The third-order valence-corrected chi connectivity index (χ3v) is 2.97. The predicted molar refractivity (Wildman–Crippen MR) is 62.6 cm³/mol. The van der Waals surface area contributed by atoms with Crippen molar-refractivity contribution >= 4 is 17.5 Å². The van der Waals surface area contributed by atoms with Crippen LogP contribution in [0.5, 0.6) is 5.75 Å². The first-order valence-corrected chi connectivity index (χ1v) is 5.46. The smallest absolute Gasteiger partial charge is 0.227 e. The van der Waals surface area contributed by atoms with Crippen molar-refractivity contribution < 1.29 is 18.7 Å². The average molecular weight is 252 g/mol. The van der Waals surface area contributed by atoms with Gasteiger partial charge in [0.2, 0.25) is 11.8 Å². The van der Waals surface area contributed by atoms with Gasteiger partial charge in [-0.1, -0.05) is 0 Å². The van der Waals surface area contributed by atoms with Gasteiger partial charge >= 0.3 is 0 Å². The van der Waals surface area contributed by atoms with Gasteiger partial charge in [0.15, 0.2) is 5.82 Å². The van der Waals surface area contributed by atoms with Crippen molar-refractivity contribution in [3.05, 3.63) is 24.0 Å². The highest BCUT2D eigenvalue weighted by Gasteiger charge is 2.35. The molecule has 2 rings (SSSR count). The standard InChI is InChI=1S/C12H13FN2O3/c1-18-8-2-3-10(9(13)5-8)15-6-7(12(14)17)4-11(15)16/h2-3,5,7H,4,6H2,1H3,(H2,14,17). The van der Waals surface area contributed by atoms with E-state index >= 15 is 0 Å². The summed E-state index contributed by atoms with van der Waals surface area (Å²) in [6.07, 6.45) is 0.0286. The van der Waals surface area contributed by atoms with E-state index in [-0.39, 0.29) is 24.6 Å². The number of nitrogens with two attached hydrogens (primary N) is 1. The topological polar surface area (TPSA) is 72.6 Å². The van der Waals surface area contributed by atoms with Gasteiger partial charge in [-0.25, -0.2) is 4.39 Å². The average Bonchev–Trinajstić information content (AvgIpc) is 2.71. The molecule has 1 aliphatic heterocycles. The highest BCUT2D eigenvalue weighted by molar-refractivity contribution is 6.00. The molecule has 1 atom stereocenters. The molecule has 2 amide bonds. The molecule has 0 saturated carbocycles.